The molecule has 3 amide bonds. The van der Waals surface area contributed by atoms with Crippen molar-refractivity contribution in [1.82, 2.24) is 15.1 Å². The van der Waals surface area contributed by atoms with Gasteiger partial charge in [-0.15, -0.1) is 0 Å². The molecule has 10 heteroatoms. The van der Waals surface area contributed by atoms with Crippen molar-refractivity contribution in [2.75, 3.05) is 13.1 Å². The molecular formula is C15H21N3O6S. The Morgan fingerprint density at radius 3 is 2.76 bits per heavy atom. The third-order valence-electron chi connectivity index (χ3n) is 4.72. The first-order valence-corrected chi connectivity index (χ1v) is 9.05. The molecule has 3 aliphatic rings. The van der Waals surface area contributed by atoms with Gasteiger partial charge in [-0.05, 0) is 26.7 Å². The summed E-state index contributed by atoms with van der Waals surface area (Å²) in [5.41, 5.74) is 0. The summed E-state index contributed by atoms with van der Waals surface area (Å²) in [5, 5.41) is 21.0. The minimum Gasteiger partial charge on any atom is -0.449 e. The lowest BCUT2D eigenvalue weighted by Crippen LogP contribution is -2.60. The highest BCUT2D eigenvalue weighted by atomic mass is 32.2. The van der Waals surface area contributed by atoms with Crippen LogP contribution in [0.25, 0.3) is 0 Å². The molecule has 4 atom stereocenters. The van der Waals surface area contributed by atoms with Crippen molar-refractivity contribution in [3.05, 3.63) is 10.8 Å². The lowest BCUT2D eigenvalue weighted by Gasteiger charge is -2.43. The van der Waals surface area contributed by atoms with Gasteiger partial charge in [0.15, 0.2) is 0 Å². The molecule has 0 spiro atoms. The van der Waals surface area contributed by atoms with E-state index in [2.05, 4.69) is 5.32 Å². The summed E-state index contributed by atoms with van der Waals surface area (Å²) in [6.45, 7) is 4.26. The van der Waals surface area contributed by atoms with Crippen LogP contribution in [-0.2, 0) is 9.53 Å². The number of nitrogens with one attached hydrogen (secondary N) is 1. The number of β-lactam (4-membered cyclic amide) rings is 1. The monoisotopic (exact) mass is 371 g/mol. The average Bonchev–Trinajstić information content (AvgIpc) is 3.05. The van der Waals surface area contributed by atoms with Crippen molar-refractivity contribution >= 4 is 29.9 Å². The average molecular weight is 371 g/mol. The summed E-state index contributed by atoms with van der Waals surface area (Å²) in [4.78, 5) is 38.8. The fourth-order valence-corrected chi connectivity index (χ4v) is 4.89. The quantitative estimate of drug-likeness (QED) is 0.497. The SMILES string of the molecule is C[C@@H]1CCCN1C(=O)NCC1=C(OC(=O)O)N2C(=O)[C@H]([C@@H](C)O)[C@H]2S1. The Hall–Kier alpha value is -1.94. The second-order valence-electron chi connectivity index (χ2n) is 6.42. The number of urea groups is 1. The van der Waals surface area contributed by atoms with Crippen LogP contribution in [0.3, 0.4) is 0 Å². The number of rotatable bonds is 4. The molecule has 138 valence electrons. The van der Waals surface area contributed by atoms with E-state index in [0.29, 0.717) is 11.4 Å². The van der Waals surface area contributed by atoms with E-state index in [1.54, 1.807) is 4.90 Å². The molecule has 9 nitrogen and oxygen atoms in total. The van der Waals surface area contributed by atoms with Gasteiger partial charge in [0.25, 0.3) is 0 Å². The van der Waals surface area contributed by atoms with Gasteiger partial charge in [-0.2, -0.15) is 0 Å². The van der Waals surface area contributed by atoms with Crippen molar-refractivity contribution in [3.63, 3.8) is 0 Å². The largest absolute Gasteiger partial charge is 0.512 e. The van der Waals surface area contributed by atoms with E-state index in [9.17, 15) is 19.5 Å². The Kier molecular flexibility index (Phi) is 4.83. The second-order valence-corrected chi connectivity index (χ2v) is 7.63. The van der Waals surface area contributed by atoms with E-state index in [0.717, 1.165) is 12.8 Å². The fourth-order valence-electron chi connectivity index (χ4n) is 3.40. The van der Waals surface area contributed by atoms with Crippen LogP contribution in [-0.4, -0.2) is 68.7 Å². The number of ether oxygens (including phenoxy) is 1. The Morgan fingerprint density at radius 1 is 1.48 bits per heavy atom. The number of aliphatic hydroxyl groups excluding tert-OH is 1. The van der Waals surface area contributed by atoms with Crippen molar-refractivity contribution < 1.29 is 29.3 Å². The maximum atomic E-state index is 12.3. The third kappa shape index (κ3) is 3.15. The van der Waals surface area contributed by atoms with E-state index < -0.39 is 23.6 Å². The zero-order valence-corrected chi connectivity index (χ0v) is 14.8. The lowest BCUT2D eigenvalue weighted by molar-refractivity contribution is -0.155. The molecule has 0 unspecified atom stereocenters. The second kappa shape index (κ2) is 6.75. The van der Waals surface area contributed by atoms with Crippen molar-refractivity contribution in [1.29, 1.82) is 0 Å². The van der Waals surface area contributed by atoms with E-state index in [1.165, 1.54) is 23.6 Å². The minimum atomic E-state index is -1.53. The smallest absolute Gasteiger partial charge is 0.449 e. The van der Waals surface area contributed by atoms with Crippen LogP contribution in [0.15, 0.2) is 10.8 Å². The summed E-state index contributed by atoms with van der Waals surface area (Å²) in [5.74, 6) is -1.05. The van der Waals surface area contributed by atoms with Crippen molar-refractivity contribution in [2.45, 2.75) is 44.2 Å². The van der Waals surface area contributed by atoms with Crippen LogP contribution < -0.4 is 5.32 Å². The number of hydrogen-bond donors (Lipinski definition) is 3. The molecular weight excluding hydrogens is 350 g/mol. The highest BCUT2D eigenvalue weighted by Crippen LogP contribution is 2.50. The number of likely N-dealkylation sites (tertiary alicyclic amines) is 1. The molecule has 3 rings (SSSR count). The molecule has 25 heavy (non-hydrogen) atoms. The predicted molar refractivity (Wildman–Crippen MR) is 88.3 cm³/mol. The Bertz CT molecular complexity index is 637. The maximum absolute atomic E-state index is 12.3. The number of nitrogens with zero attached hydrogens (tertiary/aromatic N) is 2. The van der Waals surface area contributed by atoms with Crippen molar-refractivity contribution in [3.8, 4) is 0 Å². The first-order valence-electron chi connectivity index (χ1n) is 8.17. The number of amides is 3. The number of hydrogen-bond acceptors (Lipinski definition) is 6. The summed E-state index contributed by atoms with van der Waals surface area (Å²) < 4.78 is 4.77. The van der Waals surface area contributed by atoms with Gasteiger partial charge in [-0.25, -0.2) is 9.59 Å². The molecule has 3 aliphatic heterocycles. The van der Waals surface area contributed by atoms with Gasteiger partial charge in [0.1, 0.15) is 5.37 Å². The van der Waals surface area contributed by atoms with Gasteiger partial charge in [0.2, 0.25) is 11.8 Å². The van der Waals surface area contributed by atoms with Crippen LogP contribution in [0.2, 0.25) is 0 Å². The van der Waals surface area contributed by atoms with Gasteiger partial charge < -0.3 is 25.2 Å². The third-order valence-corrected chi connectivity index (χ3v) is 6.07. The van der Waals surface area contributed by atoms with Crippen molar-refractivity contribution in [2.24, 2.45) is 5.92 Å². The van der Waals surface area contributed by atoms with Gasteiger partial charge in [-0.3, -0.25) is 9.69 Å². The number of carbonyl (C=O) groups excluding carboxylic acids is 2. The first-order chi connectivity index (χ1) is 11.8. The Morgan fingerprint density at radius 2 is 2.20 bits per heavy atom. The van der Waals surface area contributed by atoms with Gasteiger partial charge in [0.05, 0.1) is 23.5 Å². The Balaban J connectivity index is 1.70. The molecule has 2 saturated heterocycles. The molecule has 0 aromatic heterocycles. The summed E-state index contributed by atoms with van der Waals surface area (Å²) in [7, 11) is 0. The molecule has 2 fully saturated rings. The number of fused-ring (bicyclic) bond motifs is 1. The highest BCUT2D eigenvalue weighted by Gasteiger charge is 2.57. The standard InChI is InChI=1S/C15H21N3O6S/c1-7-4-3-5-17(7)14(21)16-6-9-12(24-15(22)23)18-11(20)10(8(2)19)13(18)25-9/h7-8,10,13,19H,3-6H2,1-2H3,(H,16,21)(H,22,23)/t7-,8-,10+,13-/m1/s1. The summed E-state index contributed by atoms with van der Waals surface area (Å²) in [6.07, 6.45) is -0.452. The molecule has 3 heterocycles. The Labute approximate surface area is 149 Å². The normalized spacial score (nSPS) is 29.4. The highest BCUT2D eigenvalue weighted by molar-refractivity contribution is 8.04. The predicted octanol–water partition coefficient (Wildman–Crippen LogP) is 0.956. The van der Waals surface area contributed by atoms with Crippen LogP contribution in [0.5, 0.6) is 0 Å². The maximum Gasteiger partial charge on any atom is 0.512 e. The first kappa shape index (κ1) is 17.9. The van der Waals surface area contributed by atoms with Crippen LogP contribution in [0.1, 0.15) is 26.7 Å². The minimum absolute atomic E-state index is 0.0702. The molecule has 0 aliphatic carbocycles. The fraction of sp³-hybridized carbons (Fsp3) is 0.667. The molecule has 0 saturated carbocycles. The van der Waals surface area contributed by atoms with Crippen LogP contribution in [0, 0.1) is 5.92 Å². The molecule has 0 aromatic carbocycles. The van der Waals surface area contributed by atoms with Crippen LogP contribution >= 0.6 is 11.8 Å². The number of thioether (sulfide) groups is 1. The summed E-state index contributed by atoms with van der Waals surface area (Å²) >= 11 is 1.24. The van der Waals surface area contributed by atoms with Gasteiger partial charge >= 0.3 is 12.2 Å². The molecule has 3 N–H and O–H groups in total. The van der Waals surface area contributed by atoms with Gasteiger partial charge in [-0.1, -0.05) is 11.8 Å². The number of carboxylic acid groups (broad SMARTS) is 1. The zero-order chi connectivity index (χ0) is 18.3. The topological polar surface area (TPSA) is 119 Å². The van der Waals surface area contributed by atoms with Gasteiger partial charge in [0, 0.05) is 12.6 Å². The number of carbonyl (C=O) groups is 3. The van der Waals surface area contributed by atoms with E-state index in [4.69, 9.17) is 9.84 Å². The number of aliphatic hydroxyl groups is 1. The van der Waals surface area contributed by atoms with E-state index in [1.807, 2.05) is 6.92 Å². The van der Waals surface area contributed by atoms with E-state index >= 15 is 0 Å². The summed E-state index contributed by atoms with van der Waals surface area (Å²) in [6, 6.07) is -0.0542. The van der Waals surface area contributed by atoms with Crippen LogP contribution in [0.4, 0.5) is 9.59 Å². The zero-order valence-electron chi connectivity index (χ0n) is 14.0. The molecule has 0 radical (unpaired) electrons. The molecule has 0 aromatic rings. The van der Waals surface area contributed by atoms with E-state index in [-0.39, 0.29) is 30.4 Å². The lowest BCUT2D eigenvalue weighted by atomic mass is 9.93. The molecule has 0 bridgehead atoms.